The number of hydrogen-bond acceptors (Lipinski definition) is 5. The monoisotopic (exact) mass is 355 g/mol. The Morgan fingerprint density at radius 1 is 1.25 bits per heavy atom. The fourth-order valence-corrected chi connectivity index (χ4v) is 3.75. The second kappa shape index (κ2) is 8.46. The van der Waals surface area contributed by atoms with Crippen molar-refractivity contribution >= 4 is 27.3 Å². The quantitative estimate of drug-likeness (QED) is 0.657. The molecule has 4 N–H and O–H groups in total. The molecule has 7 nitrogen and oxygen atoms in total. The SMILES string of the molecule is CCCCS(=O)(=O)Nc1ccc(NC(=O)[C@@H]2CC[C@H](CN)O2)cc1. The molecule has 0 unspecified atom stereocenters. The summed E-state index contributed by atoms with van der Waals surface area (Å²) in [5.74, 6) is -0.106. The van der Waals surface area contributed by atoms with Gasteiger partial charge in [0.05, 0.1) is 11.9 Å². The molecule has 0 aliphatic carbocycles. The Morgan fingerprint density at radius 3 is 2.50 bits per heavy atom. The number of hydrogen-bond donors (Lipinski definition) is 3. The minimum Gasteiger partial charge on any atom is -0.364 e. The van der Waals surface area contributed by atoms with Crippen molar-refractivity contribution in [1.29, 1.82) is 0 Å². The highest BCUT2D eigenvalue weighted by Gasteiger charge is 2.29. The molecule has 1 aliphatic rings. The van der Waals surface area contributed by atoms with Crippen molar-refractivity contribution in [2.45, 2.75) is 44.8 Å². The second-order valence-electron chi connectivity index (χ2n) is 5.90. The smallest absolute Gasteiger partial charge is 0.253 e. The number of rotatable bonds is 8. The van der Waals surface area contributed by atoms with Gasteiger partial charge in [-0.05, 0) is 43.5 Å². The fourth-order valence-electron chi connectivity index (χ4n) is 2.48. The number of unbranched alkanes of at least 4 members (excludes halogenated alkanes) is 1. The predicted octanol–water partition coefficient (Wildman–Crippen LogP) is 1.67. The zero-order valence-electron chi connectivity index (χ0n) is 13.8. The summed E-state index contributed by atoms with van der Waals surface area (Å²) in [6, 6.07) is 6.56. The number of nitrogens with one attached hydrogen (secondary N) is 2. The van der Waals surface area contributed by atoms with Gasteiger partial charge in [0, 0.05) is 17.9 Å². The van der Waals surface area contributed by atoms with Crippen LogP contribution in [0.1, 0.15) is 32.6 Å². The second-order valence-corrected chi connectivity index (χ2v) is 7.74. The van der Waals surface area contributed by atoms with Crippen LogP contribution in [0.2, 0.25) is 0 Å². The van der Waals surface area contributed by atoms with Gasteiger partial charge in [-0.25, -0.2) is 8.42 Å². The maximum absolute atomic E-state index is 12.1. The Labute approximate surface area is 143 Å². The zero-order valence-corrected chi connectivity index (χ0v) is 14.6. The van der Waals surface area contributed by atoms with Crippen molar-refractivity contribution in [2.24, 2.45) is 5.73 Å². The molecule has 1 saturated heterocycles. The molecule has 24 heavy (non-hydrogen) atoms. The third-order valence-electron chi connectivity index (χ3n) is 3.86. The van der Waals surface area contributed by atoms with Crippen LogP contribution in [0.3, 0.4) is 0 Å². The van der Waals surface area contributed by atoms with E-state index in [2.05, 4.69) is 10.0 Å². The number of carbonyl (C=O) groups is 1. The van der Waals surface area contributed by atoms with E-state index in [1.165, 1.54) is 0 Å². The van der Waals surface area contributed by atoms with E-state index >= 15 is 0 Å². The lowest BCUT2D eigenvalue weighted by atomic mass is 10.2. The molecule has 1 aromatic rings. The van der Waals surface area contributed by atoms with Crippen molar-refractivity contribution in [3.63, 3.8) is 0 Å². The van der Waals surface area contributed by atoms with Crippen LogP contribution >= 0.6 is 0 Å². The highest BCUT2D eigenvalue weighted by Crippen LogP contribution is 2.21. The van der Waals surface area contributed by atoms with E-state index in [-0.39, 0.29) is 17.8 Å². The number of amides is 1. The van der Waals surface area contributed by atoms with Crippen molar-refractivity contribution < 1.29 is 17.9 Å². The largest absolute Gasteiger partial charge is 0.364 e. The van der Waals surface area contributed by atoms with Crippen LogP contribution in [-0.4, -0.2) is 38.8 Å². The van der Waals surface area contributed by atoms with Crippen molar-refractivity contribution in [3.05, 3.63) is 24.3 Å². The van der Waals surface area contributed by atoms with Crippen molar-refractivity contribution in [1.82, 2.24) is 0 Å². The summed E-state index contributed by atoms with van der Waals surface area (Å²) < 4.78 is 31.8. The maximum Gasteiger partial charge on any atom is 0.253 e. The van der Waals surface area contributed by atoms with Gasteiger partial charge in [0.2, 0.25) is 10.0 Å². The van der Waals surface area contributed by atoms with E-state index in [1.54, 1.807) is 24.3 Å². The topological polar surface area (TPSA) is 111 Å². The number of anilines is 2. The molecule has 0 radical (unpaired) electrons. The van der Waals surface area contributed by atoms with Gasteiger partial charge in [-0.3, -0.25) is 9.52 Å². The Hall–Kier alpha value is -1.64. The summed E-state index contributed by atoms with van der Waals surface area (Å²) in [6.45, 7) is 2.35. The zero-order chi connectivity index (χ0) is 17.6. The first-order chi connectivity index (χ1) is 11.4. The lowest BCUT2D eigenvalue weighted by Crippen LogP contribution is -2.29. The first-order valence-corrected chi connectivity index (χ1v) is 9.85. The van der Waals surface area contributed by atoms with E-state index in [9.17, 15) is 13.2 Å². The summed E-state index contributed by atoms with van der Waals surface area (Å²) in [7, 11) is -3.32. The molecule has 1 heterocycles. The van der Waals surface area contributed by atoms with Crippen LogP contribution < -0.4 is 15.8 Å². The highest BCUT2D eigenvalue weighted by molar-refractivity contribution is 7.92. The van der Waals surface area contributed by atoms with E-state index in [0.29, 0.717) is 30.8 Å². The van der Waals surface area contributed by atoms with E-state index in [0.717, 1.165) is 12.8 Å². The summed E-state index contributed by atoms with van der Waals surface area (Å²) >= 11 is 0. The fraction of sp³-hybridized carbons (Fsp3) is 0.562. The molecule has 1 amide bonds. The normalized spacial score (nSPS) is 20.8. The third-order valence-corrected chi connectivity index (χ3v) is 5.23. The minimum atomic E-state index is -3.32. The molecule has 0 bridgehead atoms. The van der Waals surface area contributed by atoms with E-state index in [4.69, 9.17) is 10.5 Å². The van der Waals surface area contributed by atoms with Gasteiger partial charge in [0.15, 0.2) is 0 Å². The van der Waals surface area contributed by atoms with Crippen molar-refractivity contribution in [2.75, 3.05) is 22.3 Å². The number of sulfonamides is 1. The Morgan fingerprint density at radius 2 is 1.92 bits per heavy atom. The molecule has 0 spiro atoms. The molecule has 8 heteroatoms. The molecule has 0 aromatic heterocycles. The summed E-state index contributed by atoms with van der Waals surface area (Å²) in [5, 5.41) is 2.77. The molecule has 2 rings (SSSR count). The molecular weight excluding hydrogens is 330 g/mol. The standard InChI is InChI=1S/C16H25N3O4S/c1-2-3-10-24(21,22)19-13-6-4-12(5-7-13)18-16(20)15-9-8-14(11-17)23-15/h4-7,14-15,19H,2-3,8-11,17H2,1H3,(H,18,20)/t14-,15+/m1/s1. The molecule has 1 fully saturated rings. The van der Waals surface area contributed by atoms with Gasteiger partial charge >= 0.3 is 0 Å². The van der Waals surface area contributed by atoms with E-state index in [1.807, 2.05) is 6.92 Å². The lowest BCUT2D eigenvalue weighted by Gasteiger charge is -2.13. The highest BCUT2D eigenvalue weighted by atomic mass is 32.2. The summed E-state index contributed by atoms with van der Waals surface area (Å²) in [6.07, 6.45) is 2.34. The Kier molecular flexibility index (Phi) is 6.59. The van der Waals surface area contributed by atoms with Crippen LogP contribution in [0, 0.1) is 0 Å². The van der Waals surface area contributed by atoms with Gasteiger partial charge in [0.1, 0.15) is 6.10 Å². The maximum atomic E-state index is 12.1. The third kappa shape index (κ3) is 5.47. The van der Waals surface area contributed by atoms with Crippen LogP contribution in [0.25, 0.3) is 0 Å². The van der Waals surface area contributed by atoms with Gasteiger partial charge in [-0.2, -0.15) is 0 Å². The van der Waals surface area contributed by atoms with Crippen LogP contribution in [0.15, 0.2) is 24.3 Å². The average Bonchev–Trinajstić information content (AvgIpc) is 3.04. The molecule has 1 aliphatic heterocycles. The van der Waals surface area contributed by atoms with Gasteiger partial charge in [0.25, 0.3) is 5.91 Å². The first-order valence-electron chi connectivity index (χ1n) is 8.20. The van der Waals surface area contributed by atoms with Gasteiger partial charge in [-0.15, -0.1) is 0 Å². The minimum absolute atomic E-state index is 0.0550. The molecular formula is C16H25N3O4S. The van der Waals surface area contributed by atoms with Gasteiger partial charge in [-0.1, -0.05) is 13.3 Å². The van der Waals surface area contributed by atoms with Crippen molar-refractivity contribution in [3.8, 4) is 0 Å². The van der Waals surface area contributed by atoms with Crippen LogP contribution in [0.5, 0.6) is 0 Å². The lowest BCUT2D eigenvalue weighted by molar-refractivity contribution is -0.126. The molecule has 0 saturated carbocycles. The molecule has 134 valence electrons. The number of nitrogens with two attached hydrogens (primary N) is 1. The molecule has 2 atom stereocenters. The average molecular weight is 355 g/mol. The number of ether oxygens (including phenoxy) is 1. The van der Waals surface area contributed by atoms with Crippen LogP contribution in [0.4, 0.5) is 11.4 Å². The van der Waals surface area contributed by atoms with Gasteiger partial charge < -0.3 is 15.8 Å². The molecule has 1 aromatic carbocycles. The number of benzene rings is 1. The van der Waals surface area contributed by atoms with E-state index < -0.39 is 16.1 Å². The van der Waals surface area contributed by atoms with Crippen LogP contribution in [-0.2, 0) is 19.6 Å². The first kappa shape index (κ1) is 18.7. The Balaban J connectivity index is 1.89. The Bertz CT molecular complexity index is 646. The summed E-state index contributed by atoms with van der Waals surface area (Å²) in [5.41, 5.74) is 6.60. The predicted molar refractivity (Wildman–Crippen MR) is 94.3 cm³/mol. The summed E-state index contributed by atoms with van der Waals surface area (Å²) in [4.78, 5) is 12.1. The number of carbonyl (C=O) groups excluding carboxylic acids is 1.